The number of methoxy groups -OCH3 is 2. The summed E-state index contributed by atoms with van der Waals surface area (Å²) in [6.07, 6.45) is 0. The maximum absolute atomic E-state index is 6.08. The van der Waals surface area contributed by atoms with Gasteiger partial charge in [0.15, 0.2) is 13.6 Å². The molecule has 32 heavy (non-hydrogen) atoms. The molecule has 0 fully saturated rings. The minimum atomic E-state index is -0.0317. The van der Waals surface area contributed by atoms with Crippen LogP contribution in [-0.2, 0) is 20.3 Å². The quantitative estimate of drug-likeness (QED) is 0.320. The lowest BCUT2D eigenvalue weighted by Crippen LogP contribution is -2.16. The van der Waals surface area contributed by atoms with Crippen LogP contribution in [0.1, 0.15) is 80.6 Å². The Balaban J connectivity index is 2.77. The van der Waals surface area contributed by atoms with Crippen LogP contribution < -0.4 is 9.47 Å². The standard InChI is InChI=1S/C27H41O4P/c1-17-11-19(26(3,4)5)13-21(23(17)30-15-28-9)25(32)22-14-20(27(6,7)8)12-18(2)24(22)31-16-29-10/h11-14,25H,15-16,32H2,1-10H3. The van der Waals surface area contributed by atoms with Gasteiger partial charge in [0.2, 0.25) is 0 Å². The summed E-state index contributed by atoms with van der Waals surface area (Å²) in [5.74, 6) is 1.72. The van der Waals surface area contributed by atoms with Gasteiger partial charge in [0.25, 0.3) is 0 Å². The summed E-state index contributed by atoms with van der Waals surface area (Å²) in [4.78, 5) is 0. The molecule has 0 aliphatic carbocycles. The van der Waals surface area contributed by atoms with Crippen molar-refractivity contribution < 1.29 is 18.9 Å². The normalized spacial score (nSPS) is 12.4. The van der Waals surface area contributed by atoms with Crippen molar-refractivity contribution in [3.8, 4) is 11.5 Å². The summed E-state index contributed by atoms with van der Waals surface area (Å²) in [6.45, 7) is 18.0. The van der Waals surface area contributed by atoms with Gasteiger partial charge in [-0.15, -0.1) is 9.24 Å². The minimum absolute atomic E-state index is 0.0161. The smallest absolute Gasteiger partial charge is 0.188 e. The van der Waals surface area contributed by atoms with Crippen molar-refractivity contribution in [1.82, 2.24) is 0 Å². The third-order valence-electron chi connectivity index (χ3n) is 5.65. The summed E-state index contributed by atoms with van der Waals surface area (Å²) in [5.41, 5.74) is 6.94. The molecule has 0 amide bonds. The average Bonchev–Trinajstić information content (AvgIpc) is 2.69. The molecule has 0 heterocycles. The topological polar surface area (TPSA) is 36.9 Å². The molecule has 0 aliphatic rings. The molecule has 178 valence electrons. The van der Waals surface area contributed by atoms with Crippen LogP contribution in [0.5, 0.6) is 11.5 Å². The summed E-state index contributed by atoms with van der Waals surface area (Å²) < 4.78 is 22.6. The van der Waals surface area contributed by atoms with E-state index in [1.54, 1.807) is 14.2 Å². The highest BCUT2D eigenvalue weighted by molar-refractivity contribution is 7.17. The van der Waals surface area contributed by atoms with Crippen molar-refractivity contribution in [2.45, 2.75) is 71.9 Å². The van der Waals surface area contributed by atoms with Crippen LogP contribution in [0.2, 0.25) is 0 Å². The highest BCUT2D eigenvalue weighted by atomic mass is 31.0. The number of hydrogen-bond donors (Lipinski definition) is 0. The average molecular weight is 461 g/mol. The van der Waals surface area contributed by atoms with E-state index in [1.165, 1.54) is 11.1 Å². The van der Waals surface area contributed by atoms with Gasteiger partial charge in [-0.25, -0.2) is 0 Å². The van der Waals surface area contributed by atoms with Gasteiger partial charge < -0.3 is 18.9 Å². The first kappa shape index (κ1) is 26.6. The van der Waals surface area contributed by atoms with E-state index in [1.807, 2.05) is 0 Å². The molecule has 2 aromatic rings. The lowest BCUT2D eigenvalue weighted by Gasteiger charge is -2.28. The number of benzene rings is 2. The van der Waals surface area contributed by atoms with Gasteiger partial charge in [-0.2, -0.15) is 0 Å². The van der Waals surface area contributed by atoms with E-state index >= 15 is 0 Å². The molecule has 1 unspecified atom stereocenters. The van der Waals surface area contributed by atoms with E-state index in [0.29, 0.717) is 0 Å². The van der Waals surface area contributed by atoms with E-state index in [4.69, 9.17) is 18.9 Å². The predicted molar refractivity (Wildman–Crippen MR) is 136 cm³/mol. The molecule has 0 N–H and O–H groups in total. The van der Waals surface area contributed by atoms with Crippen molar-refractivity contribution in [3.05, 3.63) is 57.6 Å². The summed E-state index contributed by atoms with van der Waals surface area (Å²) >= 11 is 0. The molecular weight excluding hydrogens is 419 g/mol. The molecule has 0 spiro atoms. The number of aryl methyl sites for hydroxylation is 2. The van der Waals surface area contributed by atoms with Crippen molar-refractivity contribution in [1.29, 1.82) is 0 Å². The van der Waals surface area contributed by atoms with Crippen molar-refractivity contribution in [2.75, 3.05) is 27.8 Å². The number of hydrogen-bond acceptors (Lipinski definition) is 4. The summed E-state index contributed by atoms with van der Waals surface area (Å²) in [5, 5.41) is 0. The van der Waals surface area contributed by atoms with Crippen LogP contribution in [-0.4, -0.2) is 27.8 Å². The van der Waals surface area contributed by atoms with E-state index in [0.717, 1.165) is 33.8 Å². The molecule has 0 aliphatic heterocycles. The molecule has 1 atom stereocenters. The summed E-state index contributed by atoms with van der Waals surface area (Å²) in [7, 11) is 6.30. The second kappa shape index (κ2) is 10.5. The highest BCUT2D eigenvalue weighted by Gasteiger charge is 2.26. The molecule has 5 heteroatoms. The molecule has 2 aromatic carbocycles. The van der Waals surface area contributed by atoms with E-state index < -0.39 is 0 Å². The van der Waals surface area contributed by atoms with Crippen molar-refractivity contribution in [2.24, 2.45) is 0 Å². The van der Waals surface area contributed by atoms with Gasteiger partial charge >= 0.3 is 0 Å². The number of ether oxygens (including phenoxy) is 4. The van der Waals surface area contributed by atoms with E-state index in [9.17, 15) is 0 Å². The molecule has 4 nitrogen and oxygen atoms in total. The van der Waals surface area contributed by atoms with Crippen LogP contribution in [0, 0.1) is 13.8 Å². The first-order valence-corrected chi connectivity index (χ1v) is 11.8. The lowest BCUT2D eigenvalue weighted by atomic mass is 9.82. The predicted octanol–water partition coefficient (Wildman–Crippen LogP) is 6.83. The van der Waals surface area contributed by atoms with Crippen LogP contribution >= 0.6 is 9.24 Å². The summed E-state index contributed by atoms with van der Waals surface area (Å²) in [6, 6.07) is 8.94. The van der Waals surface area contributed by atoms with Crippen LogP contribution in [0.15, 0.2) is 24.3 Å². The Morgan fingerprint density at radius 2 is 1.03 bits per heavy atom. The zero-order chi connectivity index (χ0) is 24.3. The van der Waals surface area contributed by atoms with Gasteiger partial charge in [0, 0.05) is 31.0 Å². The Morgan fingerprint density at radius 1 is 0.688 bits per heavy atom. The molecule has 0 bridgehead atoms. The third kappa shape index (κ3) is 6.25. The van der Waals surface area contributed by atoms with Crippen LogP contribution in [0.4, 0.5) is 0 Å². The first-order chi connectivity index (χ1) is 14.8. The van der Waals surface area contributed by atoms with Gasteiger partial charge in [-0.1, -0.05) is 65.8 Å². The fourth-order valence-corrected chi connectivity index (χ4v) is 4.22. The Bertz CT molecular complexity index is 847. The first-order valence-electron chi connectivity index (χ1n) is 11.1. The fourth-order valence-electron chi connectivity index (χ4n) is 3.73. The molecule has 2 rings (SSSR count). The van der Waals surface area contributed by atoms with Crippen molar-refractivity contribution >= 4 is 9.24 Å². The SMILES string of the molecule is COCOc1c(C)cc(C(C)(C)C)cc1C(P)c1cc(C(C)(C)C)cc(C)c1OCOC. The monoisotopic (exact) mass is 460 g/mol. The Labute approximate surface area is 197 Å². The Hall–Kier alpha value is -1.61. The maximum atomic E-state index is 6.08. The van der Waals surface area contributed by atoms with Gasteiger partial charge in [-0.3, -0.25) is 0 Å². The minimum Gasteiger partial charge on any atom is -0.467 e. The lowest BCUT2D eigenvalue weighted by molar-refractivity contribution is 0.0492. The maximum Gasteiger partial charge on any atom is 0.188 e. The Kier molecular flexibility index (Phi) is 8.78. The van der Waals surface area contributed by atoms with Crippen LogP contribution in [0.25, 0.3) is 0 Å². The van der Waals surface area contributed by atoms with E-state index in [2.05, 4.69) is 88.9 Å². The molecule has 0 aromatic heterocycles. The Morgan fingerprint density at radius 3 is 1.31 bits per heavy atom. The van der Waals surface area contributed by atoms with Gasteiger partial charge in [-0.05, 0) is 46.9 Å². The second-order valence-corrected chi connectivity index (χ2v) is 11.2. The molecule has 0 radical (unpaired) electrons. The third-order valence-corrected chi connectivity index (χ3v) is 6.37. The fraction of sp³-hybridized carbons (Fsp3) is 0.556. The molecule has 0 saturated heterocycles. The van der Waals surface area contributed by atoms with Crippen LogP contribution in [0.3, 0.4) is 0 Å². The van der Waals surface area contributed by atoms with Gasteiger partial charge in [0.1, 0.15) is 11.5 Å². The largest absolute Gasteiger partial charge is 0.467 e. The van der Waals surface area contributed by atoms with Crippen molar-refractivity contribution in [3.63, 3.8) is 0 Å². The molecular formula is C27H41O4P. The zero-order valence-corrected chi connectivity index (χ0v) is 22.7. The second-order valence-electron chi connectivity index (χ2n) is 10.5. The highest BCUT2D eigenvalue weighted by Crippen LogP contribution is 2.46. The number of rotatable bonds is 8. The van der Waals surface area contributed by atoms with E-state index in [-0.39, 0.29) is 30.1 Å². The molecule has 0 saturated carbocycles. The van der Waals surface area contributed by atoms with Gasteiger partial charge in [0.05, 0.1) is 0 Å². The zero-order valence-electron chi connectivity index (χ0n) is 21.5.